The maximum Gasteiger partial charge on any atom is 0.255 e. The second kappa shape index (κ2) is 8.76. The molecule has 0 aliphatic heterocycles. The van der Waals surface area contributed by atoms with Gasteiger partial charge < -0.3 is 14.8 Å². The molecule has 0 radical (unpaired) electrons. The molecule has 23 heavy (non-hydrogen) atoms. The van der Waals surface area contributed by atoms with Crippen LogP contribution in [-0.2, 0) is 4.74 Å². The van der Waals surface area contributed by atoms with Crippen LogP contribution in [0.4, 0.5) is 5.69 Å². The highest BCUT2D eigenvalue weighted by Crippen LogP contribution is 2.16. The molecule has 0 saturated heterocycles. The minimum absolute atomic E-state index is 0.148. The number of rotatable bonds is 8. The van der Waals surface area contributed by atoms with E-state index in [0.29, 0.717) is 25.4 Å². The Bertz CT molecular complexity index is 633. The number of hydrogen-bond donors (Lipinski definition) is 1. The summed E-state index contributed by atoms with van der Waals surface area (Å²) in [5.74, 6) is 0.601. The fourth-order valence-corrected chi connectivity index (χ4v) is 1.97. The predicted molar refractivity (Wildman–Crippen MR) is 92.9 cm³/mol. The maximum absolute atomic E-state index is 12.2. The molecule has 0 heterocycles. The van der Waals surface area contributed by atoms with Gasteiger partial charge in [0, 0.05) is 17.9 Å². The van der Waals surface area contributed by atoms with Crippen LogP contribution in [0.25, 0.3) is 6.08 Å². The standard InChI is InChI=1S/C19H21NO3/c1-3-15-5-7-16(8-6-15)19(21)20-17-9-11-18(12-10-17)23-14-13-22-4-2/h3,5-12H,1,4,13-14H2,2H3,(H,20,21). The molecule has 0 bridgehead atoms. The Hall–Kier alpha value is -2.59. The lowest BCUT2D eigenvalue weighted by molar-refractivity contribution is 0.102. The van der Waals surface area contributed by atoms with Crippen molar-refractivity contribution in [1.29, 1.82) is 0 Å². The normalized spacial score (nSPS) is 10.1. The molecular formula is C19H21NO3. The first kappa shape index (κ1) is 16.8. The summed E-state index contributed by atoms with van der Waals surface area (Å²) in [5.41, 5.74) is 2.31. The zero-order valence-electron chi connectivity index (χ0n) is 13.2. The van der Waals surface area contributed by atoms with Gasteiger partial charge in [-0.3, -0.25) is 4.79 Å². The molecule has 2 aromatic carbocycles. The van der Waals surface area contributed by atoms with Gasteiger partial charge in [-0.25, -0.2) is 0 Å². The van der Waals surface area contributed by atoms with Crippen molar-refractivity contribution >= 4 is 17.7 Å². The smallest absolute Gasteiger partial charge is 0.255 e. The van der Waals surface area contributed by atoms with Crippen molar-refractivity contribution in [1.82, 2.24) is 0 Å². The number of carbonyl (C=O) groups is 1. The quantitative estimate of drug-likeness (QED) is 0.750. The van der Waals surface area contributed by atoms with Crippen LogP contribution in [0.3, 0.4) is 0 Å². The summed E-state index contributed by atoms with van der Waals surface area (Å²) in [6.07, 6.45) is 1.74. The number of hydrogen-bond acceptors (Lipinski definition) is 3. The molecule has 2 rings (SSSR count). The molecular weight excluding hydrogens is 290 g/mol. The molecule has 0 unspecified atom stereocenters. The molecule has 0 atom stereocenters. The van der Waals surface area contributed by atoms with Gasteiger partial charge in [0.1, 0.15) is 12.4 Å². The number of anilines is 1. The van der Waals surface area contributed by atoms with Gasteiger partial charge in [0.05, 0.1) is 6.61 Å². The molecule has 0 fully saturated rings. The fourth-order valence-electron chi connectivity index (χ4n) is 1.97. The number of nitrogens with one attached hydrogen (secondary N) is 1. The predicted octanol–water partition coefficient (Wildman–Crippen LogP) is 4.00. The van der Waals surface area contributed by atoms with Gasteiger partial charge >= 0.3 is 0 Å². The zero-order chi connectivity index (χ0) is 16.5. The molecule has 0 saturated carbocycles. The van der Waals surface area contributed by atoms with Gasteiger partial charge in [-0.2, -0.15) is 0 Å². The first-order chi connectivity index (χ1) is 11.2. The Morgan fingerprint density at radius 2 is 1.78 bits per heavy atom. The van der Waals surface area contributed by atoms with Crippen LogP contribution in [0.5, 0.6) is 5.75 Å². The first-order valence-electron chi connectivity index (χ1n) is 7.57. The number of amides is 1. The Kier molecular flexibility index (Phi) is 6.39. The molecule has 4 heteroatoms. The van der Waals surface area contributed by atoms with Crippen LogP contribution < -0.4 is 10.1 Å². The summed E-state index contributed by atoms with van der Waals surface area (Å²) in [7, 11) is 0. The summed E-state index contributed by atoms with van der Waals surface area (Å²) in [5, 5.41) is 2.85. The van der Waals surface area contributed by atoms with E-state index in [1.54, 1.807) is 18.2 Å². The van der Waals surface area contributed by atoms with Gasteiger partial charge in [-0.1, -0.05) is 24.8 Å². The van der Waals surface area contributed by atoms with Gasteiger partial charge in [0.15, 0.2) is 0 Å². The number of benzene rings is 2. The summed E-state index contributed by atoms with van der Waals surface area (Å²) in [6.45, 7) is 7.40. The van der Waals surface area contributed by atoms with E-state index in [9.17, 15) is 4.79 Å². The molecule has 120 valence electrons. The minimum atomic E-state index is -0.148. The zero-order valence-corrected chi connectivity index (χ0v) is 13.2. The van der Waals surface area contributed by atoms with Crippen molar-refractivity contribution < 1.29 is 14.3 Å². The topological polar surface area (TPSA) is 47.6 Å². The molecule has 4 nitrogen and oxygen atoms in total. The fraction of sp³-hybridized carbons (Fsp3) is 0.211. The highest BCUT2D eigenvalue weighted by molar-refractivity contribution is 6.04. The van der Waals surface area contributed by atoms with Gasteiger partial charge in [0.2, 0.25) is 0 Å². The van der Waals surface area contributed by atoms with Crippen molar-refractivity contribution in [2.45, 2.75) is 6.92 Å². The second-order valence-corrected chi connectivity index (χ2v) is 4.85. The van der Waals surface area contributed by atoms with Crippen LogP contribution in [-0.4, -0.2) is 25.7 Å². The highest BCUT2D eigenvalue weighted by atomic mass is 16.5. The van der Waals surface area contributed by atoms with E-state index in [0.717, 1.165) is 17.0 Å². The summed E-state index contributed by atoms with van der Waals surface area (Å²) >= 11 is 0. The van der Waals surface area contributed by atoms with Crippen molar-refractivity contribution in [2.75, 3.05) is 25.1 Å². The van der Waals surface area contributed by atoms with E-state index < -0.39 is 0 Å². The van der Waals surface area contributed by atoms with E-state index in [-0.39, 0.29) is 5.91 Å². The molecule has 0 aromatic heterocycles. The van der Waals surface area contributed by atoms with Gasteiger partial charge in [0.25, 0.3) is 5.91 Å². The van der Waals surface area contributed by atoms with Crippen LogP contribution in [0.2, 0.25) is 0 Å². The summed E-state index contributed by atoms with van der Waals surface area (Å²) in [6, 6.07) is 14.5. The molecule has 0 spiro atoms. The van der Waals surface area contributed by atoms with Gasteiger partial charge in [-0.15, -0.1) is 0 Å². The Morgan fingerprint density at radius 1 is 1.09 bits per heavy atom. The van der Waals surface area contributed by atoms with E-state index in [2.05, 4.69) is 11.9 Å². The Labute approximate surface area is 136 Å². The lowest BCUT2D eigenvalue weighted by Crippen LogP contribution is -2.11. The Balaban J connectivity index is 1.89. The molecule has 1 amide bonds. The second-order valence-electron chi connectivity index (χ2n) is 4.85. The molecule has 2 aromatic rings. The third-order valence-electron chi connectivity index (χ3n) is 3.22. The monoisotopic (exact) mass is 311 g/mol. The first-order valence-corrected chi connectivity index (χ1v) is 7.57. The molecule has 0 aliphatic carbocycles. The lowest BCUT2D eigenvalue weighted by atomic mass is 10.1. The van der Waals surface area contributed by atoms with Crippen LogP contribution in [0, 0.1) is 0 Å². The number of carbonyl (C=O) groups excluding carboxylic acids is 1. The van der Waals surface area contributed by atoms with Crippen LogP contribution in [0.15, 0.2) is 55.1 Å². The largest absolute Gasteiger partial charge is 0.491 e. The Morgan fingerprint density at radius 3 is 2.39 bits per heavy atom. The van der Waals surface area contributed by atoms with Crippen molar-refractivity contribution in [3.05, 3.63) is 66.2 Å². The minimum Gasteiger partial charge on any atom is -0.491 e. The molecule has 0 aliphatic rings. The average molecular weight is 311 g/mol. The van der Waals surface area contributed by atoms with Crippen LogP contribution in [0.1, 0.15) is 22.8 Å². The van der Waals surface area contributed by atoms with Crippen molar-refractivity contribution in [3.63, 3.8) is 0 Å². The molecule has 1 N–H and O–H groups in total. The average Bonchev–Trinajstić information content (AvgIpc) is 2.60. The summed E-state index contributed by atoms with van der Waals surface area (Å²) in [4.78, 5) is 12.2. The number of ether oxygens (including phenoxy) is 2. The highest BCUT2D eigenvalue weighted by Gasteiger charge is 2.05. The van der Waals surface area contributed by atoms with Crippen LogP contribution >= 0.6 is 0 Å². The maximum atomic E-state index is 12.2. The third kappa shape index (κ3) is 5.27. The third-order valence-corrected chi connectivity index (χ3v) is 3.22. The van der Waals surface area contributed by atoms with Crippen molar-refractivity contribution in [3.8, 4) is 5.75 Å². The SMILES string of the molecule is C=Cc1ccc(C(=O)Nc2ccc(OCCOCC)cc2)cc1. The summed E-state index contributed by atoms with van der Waals surface area (Å²) < 4.78 is 10.7. The van der Waals surface area contributed by atoms with Crippen molar-refractivity contribution in [2.24, 2.45) is 0 Å². The van der Waals surface area contributed by atoms with E-state index in [1.807, 2.05) is 43.3 Å². The van der Waals surface area contributed by atoms with Gasteiger partial charge in [-0.05, 0) is 48.9 Å². The lowest BCUT2D eigenvalue weighted by Gasteiger charge is -2.08. The van der Waals surface area contributed by atoms with E-state index in [4.69, 9.17) is 9.47 Å². The van der Waals surface area contributed by atoms with E-state index >= 15 is 0 Å². The van der Waals surface area contributed by atoms with E-state index in [1.165, 1.54) is 0 Å².